The van der Waals surface area contributed by atoms with Gasteiger partial charge in [-0.3, -0.25) is 4.99 Å². The molecule has 2 heteroatoms. The van der Waals surface area contributed by atoms with Crippen LogP contribution < -0.4 is 0 Å². The van der Waals surface area contributed by atoms with Crippen molar-refractivity contribution in [3.05, 3.63) is 0 Å². The van der Waals surface area contributed by atoms with E-state index in [-0.39, 0.29) is 0 Å². The maximum absolute atomic E-state index is 5.14. The maximum atomic E-state index is 5.14. The molecule has 0 amide bonds. The van der Waals surface area contributed by atoms with Gasteiger partial charge in [-0.15, -0.1) is 0 Å². The Hall–Kier alpha value is -0.530. The van der Waals surface area contributed by atoms with E-state index in [1.165, 1.54) is 0 Å². The third-order valence-electron chi connectivity index (χ3n) is 1.20. The van der Waals surface area contributed by atoms with Gasteiger partial charge >= 0.3 is 0 Å². The summed E-state index contributed by atoms with van der Waals surface area (Å²) in [4.78, 5) is 4.11. The molecule has 0 aliphatic carbocycles. The fourth-order valence-corrected chi connectivity index (χ4v) is 0.646. The maximum Gasteiger partial charge on any atom is 0.179 e. The number of rotatable bonds is 0. The van der Waals surface area contributed by atoms with Gasteiger partial charge in [-0.2, -0.15) is 0 Å². The van der Waals surface area contributed by atoms with Crippen LogP contribution in [0.1, 0.15) is 13.8 Å². The lowest BCUT2D eigenvalue weighted by Crippen LogP contribution is -2.18. The van der Waals surface area contributed by atoms with Crippen molar-refractivity contribution in [3.63, 3.8) is 0 Å². The van der Waals surface area contributed by atoms with Gasteiger partial charge in [0.05, 0.1) is 6.61 Å². The number of aliphatic imine (C=N–C) groups is 1. The normalized spacial score (nSPS) is 28.8. The zero-order valence-electron chi connectivity index (χ0n) is 5.35. The zero-order chi connectivity index (χ0) is 5.98. The Balaban J connectivity index is 2.42. The summed E-state index contributed by atoms with van der Waals surface area (Å²) in [7, 11) is 0. The SMILES string of the molecule is CC1=NCC(C)CO1. The molecule has 1 rings (SSSR count). The van der Waals surface area contributed by atoms with Gasteiger partial charge in [0.1, 0.15) is 0 Å². The number of nitrogens with zero attached hydrogens (tertiary/aromatic N) is 1. The zero-order valence-corrected chi connectivity index (χ0v) is 5.35. The third kappa shape index (κ3) is 1.22. The van der Waals surface area contributed by atoms with Crippen LogP contribution in [0.3, 0.4) is 0 Å². The van der Waals surface area contributed by atoms with E-state index in [0.717, 1.165) is 19.0 Å². The summed E-state index contributed by atoms with van der Waals surface area (Å²) in [5, 5.41) is 0. The summed E-state index contributed by atoms with van der Waals surface area (Å²) < 4.78 is 5.14. The van der Waals surface area contributed by atoms with Crippen LogP contribution in [-0.4, -0.2) is 19.0 Å². The molecule has 0 aromatic rings. The van der Waals surface area contributed by atoms with E-state index < -0.39 is 0 Å². The van der Waals surface area contributed by atoms with Gasteiger partial charge in [-0.1, -0.05) is 6.92 Å². The highest BCUT2D eigenvalue weighted by molar-refractivity contribution is 5.73. The Morgan fingerprint density at radius 2 is 2.50 bits per heavy atom. The van der Waals surface area contributed by atoms with Crippen LogP contribution in [0, 0.1) is 5.92 Å². The predicted octanol–water partition coefficient (Wildman–Crippen LogP) is 1.07. The summed E-state index contributed by atoms with van der Waals surface area (Å²) in [6.45, 7) is 5.81. The lowest BCUT2D eigenvalue weighted by atomic mass is 10.2. The molecule has 0 aromatic carbocycles. The molecule has 0 radical (unpaired) electrons. The second-order valence-corrected chi connectivity index (χ2v) is 2.28. The Labute approximate surface area is 49.6 Å². The van der Waals surface area contributed by atoms with E-state index >= 15 is 0 Å². The number of hydrogen-bond acceptors (Lipinski definition) is 2. The highest BCUT2D eigenvalue weighted by atomic mass is 16.5. The quantitative estimate of drug-likeness (QED) is 0.460. The second-order valence-electron chi connectivity index (χ2n) is 2.28. The monoisotopic (exact) mass is 113 g/mol. The molecule has 1 heterocycles. The van der Waals surface area contributed by atoms with E-state index in [1.54, 1.807) is 0 Å². The second kappa shape index (κ2) is 2.16. The minimum Gasteiger partial charge on any atom is -0.481 e. The summed E-state index contributed by atoms with van der Waals surface area (Å²) in [6, 6.07) is 0. The van der Waals surface area contributed by atoms with Gasteiger partial charge in [0.2, 0.25) is 0 Å². The highest BCUT2D eigenvalue weighted by Crippen LogP contribution is 2.02. The van der Waals surface area contributed by atoms with Crippen LogP contribution in [0.5, 0.6) is 0 Å². The van der Waals surface area contributed by atoms with Gasteiger partial charge in [0.25, 0.3) is 0 Å². The Bertz CT molecular complexity index is 109. The molecule has 1 aliphatic heterocycles. The van der Waals surface area contributed by atoms with Crippen molar-refractivity contribution in [3.8, 4) is 0 Å². The molecule has 0 N–H and O–H groups in total. The van der Waals surface area contributed by atoms with Gasteiger partial charge in [0.15, 0.2) is 5.90 Å². The van der Waals surface area contributed by atoms with Crippen molar-refractivity contribution in [1.29, 1.82) is 0 Å². The van der Waals surface area contributed by atoms with Crippen LogP contribution in [0.2, 0.25) is 0 Å². The van der Waals surface area contributed by atoms with E-state index in [2.05, 4.69) is 11.9 Å². The van der Waals surface area contributed by atoms with Crippen LogP contribution in [0.4, 0.5) is 0 Å². The van der Waals surface area contributed by atoms with Crippen LogP contribution in [0.15, 0.2) is 4.99 Å². The van der Waals surface area contributed by atoms with Crippen molar-refractivity contribution < 1.29 is 4.74 Å². The minimum atomic E-state index is 0.610. The molecule has 0 saturated carbocycles. The molecule has 0 fully saturated rings. The topological polar surface area (TPSA) is 21.6 Å². The molecular formula is C6H11NO. The average Bonchev–Trinajstić information content (AvgIpc) is 1.77. The lowest BCUT2D eigenvalue weighted by Gasteiger charge is -2.15. The molecule has 0 aromatic heterocycles. The Morgan fingerprint density at radius 3 is 2.88 bits per heavy atom. The highest BCUT2D eigenvalue weighted by Gasteiger charge is 2.07. The molecule has 1 unspecified atom stereocenters. The van der Waals surface area contributed by atoms with Crippen molar-refractivity contribution >= 4 is 5.90 Å². The molecule has 8 heavy (non-hydrogen) atoms. The largest absolute Gasteiger partial charge is 0.481 e. The molecule has 46 valence electrons. The molecule has 1 aliphatic rings. The van der Waals surface area contributed by atoms with Crippen molar-refractivity contribution in [2.45, 2.75) is 13.8 Å². The van der Waals surface area contributed by atoms with Crippen LogP contribution >= 0.6 is 0 Å². The lowest BCUT2D eigenvalue weighted by molar-refractivity contribution is 0.229. The Kier molecular flexibility index (Phi) is 1.51. The molecule has 0 saturated heterocycles. The van der Waals surface area contributed by atoms with Gasteiger partial charge in [-0.25, -0.2) is 0 Å². The fourth-order valence-electron chi connectivity index (χ4n) is 0.646. The van der Waals surface area contributed by atoms with E-state index in [1.807, 2.05) is 6.92 Å². The fraction of sp³-hybridized carbons (Fsp3) is 0.833. The smallest absolute Gasteiger partial charge is 0.179 e. The van der Waals surface area contributed by atoms with E-state index in [4.69, 9.17) is 4.74 Å². The number of hydrogen-bond donors (Lipinski definition) is 0. The van der Waals surface area contributed by atoms with Crippen LogP contribution in [-0.2, 0) is 4.74 Å². The minimum absolute atomic E-state index is 0.610. The molecule has 0 spiro atoms. The van der Waals surface area contributed by atoms with Crippen molar-refractivity contribution in [2.24, 2.45) is 10.9 Å². The molecule has 0 bridgehead atoms. The molecule has 1 atom stereocenters. The first-order chi connectivity index (χ1) is 3.79. The van der Waals surface area contributed by atoms with Crippen molar-refractivity contribution in [1.82, 2.24) is 0 Å². The van der Waals surface area contributed by atoms with E-state index in [9.17, 15) is 0 Å². The molecule has 2 nitrogen and oxygen atoms in total. The third-order valence-corrected chi connectivity index (χ3v) is 1.20. The van der Waals surface area contributed by atoms with Crippen molar-refractivity contribution in [2.75, 3.05) is 13.2 Å². The summed E-state index contributed by atoms with van der Waals surface area (Å²) in [6.07, 6.45) is 0. The summed E-state index contributed by atoms with van der Waals surface area (Å²) >= 11 is 0. The van der Waals surface area contributed by atoms with Crippen LogP contribution in [0.25, 0.3) is 0 Å². The molecular weight excluding hydrogens is 102 g/mol. The number of ether oxygens (including phenoxy) is 1. The van der Waals surface area contributed by atoms with E-state index in [0.29, 0.717) is 5.92 Å². The first-order valence-corrected chi connectivity index (χ1v) is 2.93. The average molecular weight is 113 g/mol. The van der Waals surface area contributed by atoms with Gasteiger partial charge < -0.3 is 4.74 Å². The Morgan fingerprint density at radius 1 is 1.75 bits per heavy atom. The first-order valence-electron chi connectivity index (χ1n) is 2.93. The van der Waals surface area contributed by atoms with Gasteiger partial charge in [0, 0.05) is 19.4 Å². The predicted molar refractivity (Wildman–Crippen MR) is 33.1 cm³/mol. The standard InChI is InChI=1S/C6H11NO/c1-5-3-7-6(2)8-4-5/h5H,3-4H2,1-2H3. The first kappa shape index (κ1) is 5.60. The summed E-state index contributed by atoms with van der Waals surface area (Å²) in [5.41, 5.74) is 0. The summed E-state index contributed by atoms with van der Waals surface area (Å²) in [5.74, 6) is 1.45. The van der Waals surface area contributed by atoms with Gasteiger partial charge in [-0.05, 0) is 0 Å².